The molecule has 0 heterocycles. The summed E-state index contributed by atoms with van der Waals surface area (Å²) in [6.07, 6.45) is 6.27. The van der Waals surface area contributed by atoms with Gasteiger partial charge in [0, 0.05) is 6.04 Å². The van der Waals surface area contributed by atoms with E-state index in [9.17, 15) is 4.79 Å². The quantitative estimate of drug-likeness (QED) is 0.555. The summed E-state index contributed by atoms with van der Waals surface area (Å²) >= 11 is 0. The average Bonchev–Trinajstić information content (AvgIpc) is 2.39. The number of nitrogens with one attached hydrogen (secondary N) is 1. The fourth-order valence-electron chi connectivity index (χ4n) is 1.99. The maximum absolute atomic E-state index is 10.9. The summed E-state index contributed by atoms with van der Waals surface area (Å²) in [4.78, 5) is 10.9. The third-order valence-electron chi connectivity index (χ3n) is 3.02. The molecule has 0 saturated heterocycles. The summed E-state index contributed by atoms with van der Waals surface area (Å²) in [6.45, 7) is 2.66. The average molecular weight is 199 g/mol. The molecule has 1 saturated carbocycles. The molecule has 3 heteroatoms. The van der Waals surface area contributed by atoms with Crippen molar-refractivity contribution in [3.8, 4) is 0 Å². The van der Waals surface area contributed by atoms with Gasteiger partial charge in [-0.1, -0.05) is 19.8 Å². The number of esters is 1. The third kappa shape index (κ3) is 4.09. The summed E-state index contributed by atoms with van der Waals surface area (Å²) in [6, 6.07) is 0.513. The Labute approximate surface area is 86.2 Å². The van der Waals surface area contributed by atoms with E-state index in [0.29, 0.717) is 12.6 Å². The molecule has 1 fully saturated rings. The van der Waals surface area contributed by atoms with Gasteiger partial charge in [-0.2, -0.15) is 0 Å². The number of ether oxygens (including phenoxy) is 1. The van der Waals surface area contributed by atoms with Crippen molar-refractivity contribution in [2.24, 2.45) is 5.92 Å². The van der Waals surface area contributed by atoms with Crippen LogP contribution in [0.15, 0.2) is 0 Å². The van der Waals surface area contributed by atoms with Gasteiger partial charge < -0.3 is 10.1 Å². The maximum atomic E-state index is 10.9. The maximum Gasteiger partial charge on any atom is 0.319 e. The summed E-state index contributed by atoms with van der Waals surface area (Å²) in [5.41, 5.74) is 0. The lowest BCUT2D eigenvalue weighted by molar-refractivity contribution is -0.139. The molecule has 0 bridgehead atoms. The van der Waals surface area contributed by atoms with E-state index < -0.39 is 0 Å². The molecule has 1 aliphatic rings. The second-order valence-electron chi connectivity index (χ2n) is 4.27. The van der Waals surface area contributed by atoms with Gasteiger partial charge in [0.05, 0.1) is 13.7 Å². The first-order chi connectivity index (χ1) is 6.72. The molecule has 0 aromatic heterocycles. The van der Waals surface area contributed by atoms with Gasteiger partial charge in [-0.05, 0) is 25.2 Å². The molecule has 1 aliphatic carbocycles. The van der Waals surface area contributed by atoms with Crippen LogP contribution < -0.4 is 5.32 Å². The highest BCUT2D eigenvalue weighted by Crippen LogP contribution is 2.22. The van der Waals surface area contributed by atoms with Gasteiger partial charge in [-0.3, -0.25) is 4.79 Å². The largest absolute Gasteiger partial charge is 0.468 e. The van der Waals surface area contributed by atoms with E-state index in [-0.39, 0.29) is 5.97 Å². The molecule has 2 unspecified atom stereocenters. The Morgan fingerprint density at radius 1 is 1.36 bits per heavy atom. The van der Waals surface area contributed by atoms with E-state index >= 15 is 0 Å². The normalized spacial score (nSPS) is 28.1. The first-order valence-corrected chi connectivity index (χ1v) is 5.52. The van der Waals surface area contributed by atoms with Gasteiger partial charge in [0.2, 0.25) is 0 Å². The molecular weight excluding hydrogens is 178 g/mol. The van der Waals surface area contributed by atoms with Crippen molar-refractivity contribution in [1.82, 2.24) is 5.32 Å². The zero-order valence-electron chi connectivity index (χ0n) is 9.21. The molecule has 82 valence electrons. The van der Waals surface area contributed by atoms with Crippen molar-refractivity contribution in [1.29, 1.82) is 0 Å². The zero-order valence-corrected chi connectivity index (χ0v) is 9.21. The Hall–Kier alpha value is -0.570. The molecule has 0 spiro atoms. The van der Waals surface area contributed by atoms with E-state index in [1.807, 2.05) is 0 Å². The van der Waals surface area contributed by atoms with Crippen molar-refractivity contribution < 1.29 is 9.53 Å². The van der Waals surface area contributed by atoms with Crippen molar-refractivity contribution in [2.45, 2.75) is 45.1 Å². The van der Waals surface area contributed by atoms with Crippen molar-refractivity contribution in [3.63, 3.8) is 0 Å². The van der Waals surface area contributed by atoms with Crippen LogP contribution in [0.1, 0.15) is 39.0 Å². The van der Waals surface area contributed by atoms with Crippen LogP contribution in [0.3, 0.4) is 0 Å². The molecule has 2 atom stereocenters. The van der Waals surface area contributed by atoms with Crippen LogP contribution in [0.2, 0.25) is 0 Å². The fraction of sp³-hybridized carbons (Fsp3) is 0.909. The Morgan fingerprint density at radius 2 is 2.14 bits per heavy atom. The Bertz CT molecular complexity index is 182. The number of carbonyl (C=O) groups excluding carboxylic acids is 1. The Kier molecular flexibility index (Phi) is 4.94. The second-order valence-corrected chi connectivity index (χ2v) is 4.27. The highest BCUT2D eigenvalue weighted by atomic mass is 16.5. The van der Waals surface area contributed by atoms with Crippen molar-refractivity contribution in [2.75, 3.05) is 13.7 Å². The van der Waals surface area contributed by atoms with E-state index in [1.54, 1.807) is 0 Å². The first kappa shape index (κ1) is 11.5. The minimum atomic E-state index is -0.165. The molecule has 0 aromatic carbocycles. The van der Waals surface area contributed by atoms with Crippen LogP contribution >= 0.6 is 0 Å². The summed E-state index contributed by atoms with van der Waals surface area (Å²) in [5.74, 6) is 0.683. The standard InChI is InChI=1S/C11H21NO2/c1-9-4-3-5-10(7-6-9)12-8-11(13)14-2/h9-10,12H,3-8H2,1-2H3. The van der Waals surface area contributed by atoms with Crippen LogP contribution in [-0.4, -0.2) is 25.7 Å². The first-order valence-electron chi connectivity index (χ1n) is 5.52. The van der Waals surface area contributed by atoms with Crippen LogP contribution in [0.4, 0.5) is 0 Å². The van der Waals surface area contributed by atoms with Gasteiger partial charge in [-0.15, -0.1) is 0 Å². The van der Waals surface area contributed by atoms with Crippen LogP contribution in [-0.2, 0) is 9.53 Å². The minimum absolute atomic E-state index is 0.165. The fourth-order valence-corrected chi connectivity index (χ4v) is 1.99. The highest BCUT2D eigenvalue weighted by molar-refractivity contribution is 5.71. The van der Waals surface area contributed by atoms with Crippen molar-refractivity contribution >= 4 is 5.97 Å². The molecule has 0 aliphatic heterocycles. The van der Waals surface area contributed by atoms with Gasteiger partial charge in [0.25, 0.3) is 0 Å². The lowest BCUT2D eigenvalue weighted by atomic mass is 10.0. The highest BCUT2D eigenvalue weighted by Gasteiger charge is 2.16. The summed E-state index contributed by atoms with van der Waals surface area (Å²) in [5, 5.41) is 3.26. The van der Waals surface area contributed by atoms with Gasteiger partial charge in [0.1, 0.15) is 0 Å². The number of methoxy groups -OCH3 is 1. The Balaban J connectivity index is 2.20. The molecular formula is C11H21NO2. The second kappa shape index (κ2) is 6.02. The lowest BCUT2D eigenvalue weighted by Gasteiger charge is -2.15. The molecule has 3 nitrogen and oxygen atoms in total. The molecule has 1 rings (SSSR count). The topological polar surface area (TPSA) is 38.3 Å². The van der Waals surface area contributed by atoms with E-state index in [2.05, 4.69) is 17.0 Å². The van der Waals surface area contributed by atoms with Crippen LogP contribution in [0.5, 0.6) is 0 Å². The lowest BCUT2D eigenvalue weighted by Crippen LogP contribution is -2.33. The van der Waals surface area contributed by atoms with Gasteiger partial charge in [0.15, 0.2) is 0 Å². The van der Waals surface area contributed by atoms with Crippen LogP contribution in [0.25, 0.3) is 0 Å². The predicted molar refractivity (Wildman–Crippen MR) is 56.1 cm³/mol. The van der Waals surface area contributed by atoms with Crippen LogP contribution in [0, 0.1) is 5.92 Å². The Morgan fingerprint density at radius 3 is 2.86 bits per heavy atom. The summed E-state index contributed by atoms with van der Waals surface area (Å²) < 4.78 is 4.59. The number of hydrogen-bond acceptors (Lipinski definition) is 3. The molecule has 0 amide bonds. The van der Waals surface area contributed by atoms with E-state index in [0.717, 1.165) is 5.92 Å². The van der Waals surface area contributed by atoms with E-state index in [1.165, 1.54) is 39.2 Å². The summed E-state index contributed by atoms with van der Waals surface area (Å²) in [7, 11) is 1.43. The third-order valence-corrected chi connectivity index (χ3v) is 3.02. The van der Waals surface area contributed by atoms with E-state index in [4.69, 9.17) is 0 Å². The number of rotatable bonds is 3. The number of hydrogen-bond donors (Lipinski definition) is 1. The predicted octanol–water partition coefficient (Wildman–Crippen LogP) is 1.72. The SMILES string of the molecule is COC(=O)CNC1CCCC(C)CC1. The van der Waals surface area contributed by atoms with Crippen molar-refractivity contribution in [3.05, 3.63) is 0 Å². The minimum Gasteiger partial charge on any atom is -0.468 e. The monoisotopic (exact) mass is 199 g/mol. The zero-order chi connectivity index (χ0) is 10.4. The molecule has 1 N–H and O–H groups in total. The molecule has 0 aromatic rings. The number of carbonyl (C=O) groups is 1. The molecule has 0 radical (unpaired) electrons. The van der Waals surface area contributed by atoms with Gasteiger partial charge in [-0.25, -0.2) is 0 Å². The molecule has 14 heavy (non-hydrogen) atoms. The van der Waals surface area contributed by atoms with Gasteiger partial charge >= 0.3 is 5.97 Å². The smallest absolute Gasteiger partial charge is 0.319 e.